The maximum Gasteiger partial charge on any atom is 0.222 e. The molecule has 6 heteroatoms. The van der Waals surface area contributed by atoms with Crippen LogP contribution in [0.1, 0.15) is 16.8 Å². The van der Waals surface area contributed by atoms with Crippen LogP contribution in [0.3, 0.4) is 0 Å². The Kier molecular flexibility index (Phi) is 4.89. The van der Waals surface area contributed by atoms with Crippen LogP contribution in [0.25, 0.3) is 0 Å². The van der Waals surface area contributed by atoms with E-state index in [9.17, 15) is 0 Å². The lowest BCUT2D eigenvalue weighted by Gasteiger charge is -2.29. The number of nitrogens with two attached hydrogens (primary N) is 1. The van der Waals surface area contributed by atoms with Gasteiger partial charge in [0.2, 0.25) is 5.95 Å². The second-order valence-corrected chi connectivity index (χ2v) is 6.63. The van der Waals surface area contributed by atoms with Crippen LogP contribution < -0.4 is 15.8 Å². The molecule has 2 aromatic carbocycles. The molecule has 0 aliphatic carbocycles. The second-order valence-electron chi connectivity index (χ2n) is 6.63. The van der Waals surface area contributed by atoms with Crippen molar-refractivity contribution in [3.63, 3.8) is 0 Å². The first kappa shape index (κ1) is 17.3. The van der Waals surface area contributed by atoms with E-state index in [0.29, 0.717) is 0 Å². The molecule has 6 nitrogen and oxygen atoms in total. The van der Waals surface area contributed by atoms with Gasteiger partial charge in [-0.3, -0.25) is 4.90 Å². The Morgan fingerprint density at radius 1 is 1.07 bits per heavy atom. The monoisotopic (exact) mass is 361 g/mol. The molecule has 0 radical (unpaired) electrons. The number of para-hydroxylation sites is 2. The molecule has 27 heavy (non-hydrogen) atoms. The van der Waals surface area contributed by atoms with E-state index < -0.39 is 0 Å². The number of hydrogen-bond acceptors (Lipinski definition) is 6. The summed E-state index contributed by atoms with van der Waals surface area (Å²) in [5, 5.41) is 3.38. The Bertz CT molecular complexity index is 929. The fourth-order valence-electron chi connectivity index (χ4n) is 3.46. The molecule has 2 heterocycles. The molecule has 1 aliphatic rings. The maximum atomic E-state index is 5.99. The third kappa shape index (κ3) is 3.85. The Balaban J connectivity index is 1.58. The van der Waals surface area contributed by atoms with Crippen LogP contribution in [0.2, 0.25) is 0 Å². The van der Waals surface area contributed by atoms with Crippen molar-refractivity contribution >= 4 is 17.5 Å². The van der Waals surface area contributed by atoms with E-state index in [2.05, 4.69) is 44.5 Å². The highest BCUT2D eigenvalue weighted by atomic mass is 16.5. The minimum absolute atomic E-state index is 0.285. The van der Waals surface area contributed by atoms with Gasteiger partial charge < -0.3 is 15.8 Å². The average Bonchev–Trinajstić information content (AvgIpc) is 2.69. The van der Waals surface area contributed by atoms with Crippen molar-refractivity contribution in [1.29, 1.82) is 0 Å². The van der Waals surface area contributed by atoms with Crippen molar-refractivity contribution in [2.24, 2.45) is 0 Å². The van der Waals surface area contributed by atoms with Crippen molar-refractivity contribution in [2.75, 3.05) is 24.7 Å². The summed E-state index contributed by atoms with van der Waals surface area (Å²) in [6, 6.07) is 18.3. The minimum Gasteiger partial charge on any atom is -0.495 e. The van der Waals surface area contributed by atoms with E-state index >= 15 is 0 Å². The highest BCUT2D eigenvalue weighted by Gasteiger charge is 2.22. The molecule has 0 amide bonds. The van der Waals surface area contributed by atoms with Gasteiger partial charge in [0.25, 0.3) is 0 Å². The predicted octanol–water partition coefficient (Wildman–Crippen LogP) is 3.37. The molecule has 0 saturated heterocycles. The molecule has 0 saturated carbocycles. The average molecular weight is 361 g/mol. The van der Waals surface area contributed by atoms with Crippen LogP contribution in [-0.2, 0) is 19.5 Å². The molecule has 0 unspecified atom stereocenters. The van der Waals surface area contributed by atoms with Crippen LogP contribution in [0.5, 0.6) is 5.75 Å². The van der Waals surface area contributed by atoms with Crippen LogP contribution in [-0.4, -0.2) is 28.5 Å². The molecule has 0 atom stereocenters. The number of aromatic nitrogens is 2. The van der Waals surface area contributed by atoms with E-state index in [1.807, 2.05) is 30.3 Å². The van der Waals surface area contributed by atoms with Crippen molar-refractivity contribution in [3.8, 4) is 5.75 Å². The predicted molar refractivity (Wildman–Crippen MR) is 107 cm³/mol. The summed E-state index contributed by atoms with van der Waals surface area (Å²) in [4.78, 5) is 11.3. The molecule has 0 spiro atoms. The fraction of sp³-hybridized carbons (Fsp3) is 0.238. The first-order valence-corrected chi connectivity index (χ1v) is 9.04. The molecule has 3 aromatic rings. The Morgan fingerprint density at radius 3 is 2.67 bits per heavy atom. The molecule has 138 valence electrons. The standard InChI is InChI=1S/C21H23N5O/c1-27-19-10-6-5-9-17(19)23-20-16-11-12-26(13-15-7-3-2-4-8-15)14-18(16)24-21(22)25-20/h2-10H,11-14H2,1H3,(H3,22,23,24,25). The summed E-state index contributed by atoms with van der Waals surface area (Å²) >= 11 is 0. The quantitative estimate of drug-likeness (QED) is 0.726. The SMILES string of the molecule is COc1ccccc1Nc1nc(N)nc2c1CCN(Cc1ccccc1)C2. The van der Waals surface area contributed by atoms with E-state index in [4.69, 9.17) is 10.5 Å². The highest BCUT2D eigenvalue weighted by Crippen LogP contribution is 2.31. The first-order valence-electron chi connectivity index (χ1n) is 9.04. The molecular formula is C21H23N5O. The molecule has 0 bridgehead atoms. The Labute approximate surface area is 159 Å². The van der Waals surface area contributed by atoms with Crippen molar-refractivity contribution in [3.05, 3.63) is 71.4 Å². The molecule has 1 aromatic heterocycles. The topological polar surface area (TPSA) is 76.3 Å². The van der Waals surface area contributed by atoms with Crippen LogP contribution in [0.15, 0.2) is 54.6 Å². The van der Waals surface area contributed by atoms with Gasteiger partial charge in [0.1, 0.15) is 11.6 Å². The number of nitrogens with one attached hydrogen (secondary N) is 1. The normalized spacial score (nSPS) is 13.8. The van der Waals surface area contributed by atoms with Gasteiger partial charge in [-0.25, -0.2) is 4.98 Å². The maximum absolute atomic E-state index is 5.99. The number of fused-ring (bicyclic) bond motifs is 1. The molecular weight excluding hydrogens is 338 g/mol. The summed E-state index contributed by atoms with van der Waals surface area (Å²) in [7, 11) is 1.66. The largest absolute Gasteiger partial charge is 0.495 e. The van der Waals surface area contributed by atoms with Gasteiger partial charge in [0.15, 0.2) is 0 Å². The van der Waals surface area contributed by atoms with Gasteiger partial charge >= 0.3 is 0 Å². The van der Waals surface area contributed by atoms with Crippen molar-refractivity contribution in [1.82, 2.24) is 14.9 Å². The number of methoxy groups -OCH3 is 1. The zero-order valence-corrected chi connectivity index (χ0v) is 15.4. The smallest absolute Gasteiger partial charge is 0.222 e. The van der Waals surface area contributed by atoms with Crippen molar-refractivity contribution in [2.45, 2.75) is 19.5 Å². The van der Waals surface area contributed by atoms with E-state index in [0.717, 1.165) is 54.6 Å². The number of anilines is 3. The zero-order valence-electron chi connectivity index (χ0n) is 15.4. The lowest BCUT2D eigenvalue weighted by atomic mass is 10.0. The summed E-state index contributed by atoms with van der Waals surface area (Å²) in [6.45, 7) is 2.62. The lowest BCUT2D eigenvalue weighted by Crippen LogP contribution is -2.31. The van der Waals surface area contributed by atoms with Crippen LogP contribution in [0.4, 0.5) is 17.5 Å². The number of nitrogen functional groups attached to an aromatic ring is 1. The van der Waals surface area contributed by atoms with Crippen molar-refractivity contribution < 1.29 is 4.74 Å². The highest BCUT2D eigenvalue weighted by molar-refractivity contribution is 5.67. The summed E-state index contributed by atoms with van der Waals surface area (Å²) < 4.78 is 5.43. The third-order valence-corrected chi connectivity index (χ3v) is 4.77. The Morgan fingerprint density at radius 2 is 1.85 bits per heavy atom. The Hall–Kier alpha value is -3.12. The van der Waals surface area contributed by atoms with Gasteiger partial charge in [-0.05, 0) is 24.1 Å². The summed E-state index contributed by atoms with van der Waals surface area (Å²) in [6.07, 6.45) is 0.875. The summed E-state index contributed by atoms with van der Waals surface area (Å²) in [5.74, 6) is 1.82. The second kappa shape index (κ2) is 7.63. The minimum atomic E-state index is 0.285. The van der Waals surface area contributed by atoms with Gasteiger partial charge in [-0.15, -0.1) is 0 Å². The molecule has 3 N–H and O–H groups in total. The van der Waals surface area contributed by atoms with E-state index in [-0.39, 0.29) is 5.95 Å². The zero-order chi connectivity index (χ0) is 18.6. The number of benzene rings is 2. The molecule has 0 fully saturated rings. The number of hydrogen-bond donors (Lipinski definition) is 2. The lowest BCUT2D eigenvalue weighted by molar-refractivity contribution is 0.241. The summed E-state index contributed by atoms with van der Waals surface area (Å²) in [5.41, 5.74) is 10.3. The first-order chi connectivity index (χ1) is 13.2. The third-order valence-electron chi connectivity index (χ3n) is 4.77. The van der Waals surface area contributed by atoms with E-state index in [1.54, 1.807) is 7.11 Å². The van der Waals surface area contributed by atoms with Crippen LogP contribution in [0, 0.1) is 0 Å². The van der Waals surface area contributed by atoms with Gasteiger partial charge in [0.05, 0.1) is 18.5 Å². The molecule has 1 aliphatic heterocycles. The van der Waals surface area contributed by atoms with E-state index in [1.165, 1.54) is 5.56 Å². The van der Waals surface area contributed by atoms with Gasteiger partial charge in [-0.2, -0.15) is 4.98 Å². The van der Waals surface area contributed by atoms with Crippen LogP contribution >= 0.6 is 0 Å². The molecule has 4 rings (SSSR count). The number of rotatable bonds is 5. The van der Waals surface area contributed by atoms with Gasteiger partial charge in [-0.1, -0.05) is 42.5 Å². The van der Waals surface area contributed by atoms with Gasteiger partial charge in [0, 0.05) is 25.2 Å². The number of ether oxygens (including phenoxy) is 1. The fourth-order valence-corrected chi connectivity index (χ4v) is 3.46. The number of nitrogens with zero attached hydrogens (tertiary/aromatic N) is 3.